The monoisotopic (exact) mass is 387 g/mol. The number of nitrogens with zero attached hydrogens (tertiary/aromatic N) is 1. The maximum absolute atomic E-state index is 12.7. The predicted molar refractivity (Wildman–Crippen MR) is 81.2 cm³/mol. The van der Waals surface area contributed by atoms with E-state index in [0.29, 0.717) is 19.1 Å². The number of esters is 1. The van der Waals surface area contributed by atoms with Crippen molar-refractivity contribution in [1.82, 2.24) is 0 Å². The number of Topliss-reactive ketones (excluding diaryl/α,β-unsaturated/α-hetero) is 1. The lowest BCUT2D eigenvalue weighted by Gasteiger charge is -2.51. The highest BCUT2D eigenvalue weighted by Crippen LogP contribution is 2.39. The number of ether oxygens (including phenoxy) is 1. The van der Waals surface area contributed by atoms with Gasteiger partial charge >= 0.3 is 5.97 Å². The lowest BCUT2D eigenvalue weighted by Crippen LogP contribution is -3.00. The molecule has 1 atom stereocenters. The second kappa shape index (κ2) is 7.23. The van der Waals surface area contributed by atoms with E-state index in [1.54, 1.807) is 11.3 Å². The standard InChI is InChI=1S/C16H22NO3S.BrH/c1-2-20-15(18)10-17-6-3-12(4-7-17)14(9-17)16(19)13-5-8-21-11-13;/h5,8,11-12,14H,2-4,6-7,9-10H2,1H3;1H/q+1;/p-1. The van der Waals surface area contributed by atoms with E-state index >= 15 is 0 Å². The van der Waals surface area contributed by atoms with Crippen molar-refractivity contribution in [1.29, 1.82) is 0 Å². The molecule has 6 heteroatoms. The maximum atomic E-state index is 12.7. The van der Waals surface area contributed by atoms with Crippen molar-refractivity contribution in [2.75, 3.05) is 32.8 Å². The molecular weight excluding hydrogens is 366 g/mol. The van der Waals surface area contributed by atoms with Gasteiger partial charge in [0.25, 0.3) is 0 Å². The third-order valence-electron chi connectivity index (χ3n) is 5.01. The Labute approximate surface area is 145 Å². The van der Waals surface area contributed by atoms with Gasteiger partial charge in [-0.05, 0) is 24.3 Å². The van der Waals surface area contributed by atoms with Crippen LogP contribution in [-0.2, 0) is 9.53 Å². The Morgan fingerprint density at radius 2 is 2.09 bits per heavy atom. The first-order valence-electron chi connectivity index (χ1n) is 7.71. The number of ketones is 1. The summed E-state index contributed by atoms with van der Waals surface area (Å²) in [5.41, 5.74) is 0.841. The van der Waals surface area contributed by atoms with E-state index in [9.17, 15) is 9.59 Å². The number of thiophene rings is 1. The van der Waals surface area contributed by atoms with E-state index in [4.69, 9.17) is 4.74 Å². The average molecular weight is 388 g/mol. The maximum Gasteiger partial charge on any atom is 0.361 e. The molecule has 0 spiro atoms. The summed E-state index contributed by atoms with van der Waals surface area (Å²) in [6, 6.07) is 1.92. The molecule has 0 amide bonds. The number of fused-ring (bicyclic) bond motifs is 3. The molecule has 22 heavy (non-hydrogen) atoms. The van der Waals surface area contributed by atoms with E-state index in [-0.39, 0.29) is 34.7 Å². The number of piperidine rings is 3. The van der Waals surface area contributed by atoms with Crippen molar-refractivity contribution in [2.24, 2.45) is 11.8 Å². The fraction of sp³-hybridized carbons (Fsp3) is 0.625. The van der Waals surface area contributed by atoms with Crippen molar-refractivity contribution in [2.45, 2.75) is 19.8 Å². The molecule has 0 radical (unpaired) electrons. The number of hydrogen-bond donors (Lipinski definition) is 0. The highest BCUT2D eigenvalue weighted by atomic mass is 79.9. The van der Waals surface area contributed by atoms with E-state index in [1.807, 2.05) is 23.8 Å². The summed E-state index contributed by atoms with van der Waals surface area (Å²) in [6.07, 6.45) is 2.11. The summed E-state index contributed by atoms with van der Waals surface area (Å²) in [5, 5.41) is 3.90. The summed E-state index contributed by atoms with van der Waals surface area (Å²) in [7, 11) is 0. The van der Waals surface area contributed by atoms with Gasteiger partial charge in [0, 0.05) is 23.8 Å². The molecule has 0 aromatic carbocycles. The van der Waals surface area contributed by atoms with Crippen LogP contribution >= 0.6 is 11.3 Å². The van der Waals surface area contributed by atoms with Crippen LogP contribution in [0.3, 0.4) is 0 Å². The molecule has 3 fully saturated rings. The van der Waals surface area contributed by atoms with Gasteiger partial charge in [0.05, 0.1) is 32.2 Å². The van der Waals surface area contributed by atoms with Crippen LogP contribution in [0.25, 0.3) is 0 Å². The average Bonchev–Trinajstić information content (AvgIpc) is 3.01. The SMILES string of the molecule is CCOC(=O)C[N+]12CCC(CC1)C(C(=O)c1ccsc1)C2.[Br-]. The first-order chi connectivity index (χ1) is 10.1. The first kappa shape index (κ1) is 17.6. The normalized spacial score (nSPS) is 29.7. The molecule has 122 valence electrons. The Morgan fingerprint density at radius 1 is 1.36 bits per heavy atom. The number of halogens is 1. The number of rotatable bonds is 5. The zero-order valence-electron chi connectivity index (χ0n) is 12.8. The Hall–Kier alpha value is -0.720. The molecule has 4 rings (SSSR count). The Balaban J connectivity index is 0.00000176. The largest absolute Gasteiger partial charge is 1.00 e. The molecule has 4 nitrogen and oxygen atoms in total. The molecule has 4 heterocycles. The van der Waals surface area contributed by atoms with Crippen molar-refractivity contribution in [3.63, 3.8) is 0 Å². The van der Waals surface area contributed by atoms with E-state index < -0.39 is 0 Å². The molecule has 2 bridgehead atoms. The van der Waals surface area contributed by atoms with Gasteiger partial charge < -0.3 is 26.2 Å². The molecule has 1 unspecified atom stereocenters. The fourth-order valence-electron chi connectivity index (χ4n) is 3.91. The van der Waals surface area contributed by atoms with Crippen molar-refractivity contribution < 1.29 is 35.8 Å². The lowest BCUT2D eigenvalue weighted by atomic mass is 9.74. The van der Waals surface area contributed by atoms with Gasteiger partial charge in [0.2, 0.25) is 0 Å². The summed E-state index contributed by atoms with van der Waals surface area (Å²) in [6.45, 7) is 5.52. The van der Waals surface area contributed by atoms with Crippen LogP contribution in [0.4, 0.5) is 0 Å². The highest BCUT2D eigenvalue weighted by Gasteiger charge is 2.49. The first-order valence-corrected chi connectivity index (χ1v) is 8.65. The Bertz CT molecular complexity index is 524. The van der Waals surface area contributed by atoms with Gasteiger partial charge in [-0.2, -0.15) is 11.3 Å². The quantitative estimate of drug-likeness (QED) is 0.383. The predicted octanol–water partition coefficient (Wildman–Crippen LogP) is -0.645. The van der Waals surface area contributed by atoms with Gasteiger partial charge in [0.15, 0.2) is 12.3 Å². The zero-order chi connectivity index (χ0) is 14.9. The zero-order valence-corrected chi connectivity index (χ0v) is 15.2. The van der Waals surface area contributed by atoms with Gasteiger partial charge in [0.1, 0.15) is 0 Å². The van der Waals surface area contributed by atoms with Crippen LogP contribution in [-0.4, -0.2) is 49.0 Å². The number of carbonyl (C=O) groups excluding carboxylic acids is 2. The molecule has 3 aliphatic heterocycles. The third kappa shape index (κ3) is 3.44. The van der Waals surface area contributed by atoms with E-state index in [0.717, 1.165) is 42.5 Å². The molecule has 3 saturated heterocycles. The molecule has 0 saturated carbocycles. The second-order valence-electron chi connectivity index (χ2n) is 6.25. The fourth-order valence-corrected chi connectivity index (χ4v) is 4.55. The summed E-state index contributed by atoms with van der Waals surface area (Å²) in [5.74, 6) is 0.725. The van der Waals surface area contributed by atoms with Gasteiger partial charge in [-0.15, -0.1) is 0 Å². The van der Waals surface area contributed by atoms with Crippen molar-refractivity contribution in [3.8, 4) is 0 Å². The van der Waals surface area contributed by atoms with Crippen LogP contribution < -0.4 is 17.0 Å². The Morgan fingerprint density at radius 3 is 2.68 bits per heavy atom. The van der Waals surface area contributed by atoms with Gasteiger partial charge in [-0.1, -0.05) is 0 Å². The number of carbonyl (C=O) groups is 2. The Kier molecular flexibility index (Phi) is 5.80. The smallest absolute Gasteiger partial charge is 0.361 e. The molecule has 3 aliphatic rings. The lowest BCUT2D eigenvalue weighted by molar-refractivity contribution is -0.938. The molecule has 1 aromatic rings. The van der Waals surface area contributed by atoms with Crippen LogP contribution in [0.5, 0.6) is 0 Å². The minimum absolute atomic E-state index is 0. The van der Waals surface area contributed by atoms with Gasteiger partial charge in [-0.3, -0.25) is 4.79 Å². The second-order valence-corrected chi connectivity index (χ2v) is 7.03. The minimum atomic E-state index is -0.125. The van der Waals surface area contributed by atoms with Crippen LogP contribution in [0.15, 0.2) is 16.8 Å². The van der Waals surface area contributed by atoms with Crippen molar-refractivity contribution in [3.05, 3.63) is 22.4 Å². The van der Waals surface area contributed by atoms with Gasteiger partial charge in [-0.25, -0.2) is 4.79 Å². The van der Waals surface area contributed by atoms with Crippen LogP contribution in [0.2, 0.25) is 0 Å². The van der Waals surface area contributed by atoms with E-state index in [1.165, 1.54) is 0 Å². The highest BCUT2D eigenvalue weighted by molar-refractivity contribution is 7.08. The topological polar surface area (TPSA) is 43.4 Å². The molecule has 0 N–H and O–H groups in total. The van der Waals surface area contributed by atoms with E-state index in [2.05, 4.69) is 0 Å². The number of quaternary nitrogens is 1. The number of hydrogen-bond acceptors (Lipinski definition) is 4. The molecule has 0 aliphatic carbocycles. The third-order valence-corrected chi connectivity index (χ3v) is 5.70. The van der Waals surface area contributed by atoms with Crippen LogP contribution in [0, 0.1) is 11.8 Å². The summed E-state index contributed by atoms with van der Waals surface area (Å²) >= 11 is 1.57. The summed E-state index contributed by atoms with van der Waals surface area (Å²) in [4.78, 5) is 24.6. The van der Waals surface area contributed by atoms with Crippen LogP contribution in [0.1, 0.15) is 30.1 Å². The van der Waals surface area contributed by atoms with Crippen molar-refractivity contribution >= 4 is 23.1 Å². The molecular formula is C16H22BrNO3S. The molecule has 1 aromatic heterocycles. The summed E-state index contributed by atoms with van der Waals surface area (Å²) < 4.78 is 5.86. The minimum Gasteiger partial charge on any atom is -1.00 e.